The van der Waals surface area contributed by atoms with E-state index in [4.69, 9.17) is 4.74 Å². The molecule has 2 saturated heterocycles. The first kappa shape index (κ1) is 18.1. The Morgan fingerprint density at radius 3 is 2.29 bits per heavy atom. The van der Waals surface area contributed by atoms with Crippen LogP contribution in [0.25, 0.3) is 0 Å². The van der Waals surface area contributed by atoms with Crippen LogP contribution in [0.3, 0.4) is 0 Å². The summed E-state index contributed by atoms with van der Waals surface area (Å²) in [6.07, 6.45) is 3.33. The van der Waals surface area contributed by atoms with Gasteiger partial charge in [-0.05, 0) is 45.7 Å². The van der Waals surface area contributed by atoms with Gasteiger partial charge >= 0.3 is 0 Å². The van der Waals surface area contributed by atoms with Crippen LogP contribution in [-0.2, 0) is 4.74 Å². The minimum Gasteiger partial charge on any atom is -0.341 e. The molecule has 0 saturated carbocycles. The van der Waals surface area contributed by atoms with Crippen molar-refractivity contribution < 1.29 is 9.13 Å². The van der Waals surface area contributed by atoms with Gasteiger partial charge in [-0.25, -0.2) is 4.39 Å². The summed E-state index contributed by atoms with van der Waals surface area (Å²) >= 11 is 0. The minimum absolute atomic E-state index is 0.0634. The summed E-state index contributed by atoms with van der Waals surface area (Å²) in [5.41, 5.74) is 1.32. The molecule has 4 atom stereocenters. The Morgan fingerprint density at radius 2 is 1.75 bits per heavy atom. The number of alkyl halides is 1. The van der Waals surface area contributed by atoms with Gasteiger partial charge in [-0.15, -0.1) is 0 Å². The standard InChI is InChI=1S/C20H32FNOSi/c1-20(2,21)23-19-17(13-15-9-12-18(19)22(15)3)14-7-10-16(11-8-14)24(4,5)6/h7-8,10-11,15,17-19H,9,12-13H2,1-6H3/t15-,17+,18+,19-/m0/s1. The summed E-state index contributed by atoms with van der Waals surface area (Å²) in [7, 11) is 0.889. The highest BCUT2D eigenvalue weighted by Gasteiger charge is 2.48. The van der Waals surface area contributed by atoms with E-state index in [1.807, 2.05) is 0 Å². The summed E-state index contributed by atoms with van der Waals surface area (Å²) in [5, 5.41) is 1.48. The largest absolute Gasteiger partial charge is 0.341 e. The van der Waals surface area contributed by atoms with E-state index in [0.29, 0.717) is 18.0 Å². The number of piperidine rings is 1. The molecule has 0 amide bonds. The van der Waals surface area contributed by atoms with Gasteiger partial charge < -0.3 is 4.74 Å². The third kappa shape index (κ3) is 3.61. The second kappa shape index (κ2) is 6.22. The highest BCUT2D eigenvalue weighted by molar-refractivity contribution is 6.88. The first-order valence-corrected chi connectivity index (χ1v) is 12.8. The van der Waals surface area contributed by atoms with Crippen molar-refractivity contribution >= 4 is 13.3 Å². The van der Waals surface area contributed by atoms with E-state index < -0.39 is 13.9 Å². The summed E-state index contributed by atoms with van der Waals surface area (Å²) < 4.78 is 20.2. The molecular weight excluding hydrogens is 317 g/mol. The van der Waals surface area contributed by atoms with Gasteiger partial charge in [0, 0.05) is 18.0 Å². The number of nitrogens with zero attached hydrogens (tertiary/aromatic N) is 1. The van der Waals surface area contributed by atoms with E-state index in [0.717, 1.165) is 12.8 Å². The Hall–Kier alpha value is -0.713. The van der Waals surface area contributed by atoms with Gasteiger partial charge in [0.1, 0.15) is 0 Å². The van der Waals surface area contributed by atoms with Crippen LogP contribution in [-0.4, -0.2) is 44.1 Å². The predicted octanol–water partition coefficient (Wildman–Crippen LogP) is 4.27. The van der Waals surface area contributed by atoms with E-state index in [9.17, 15) is 4.39 Å². The maximum absolute atomic E-state index is 14.3. The molecule has 2 heterocycles. The normalized spacial score (nSPS) is 31.5. The van der Waals surface area contributed by atoms with Crippen molar-refractivity contribution in [2.75, 3.05) is 7.05 Å². The number of likely N-dealkylation sites (N-methyl/N-ethyl adjacent to an activating group) is 1. The molecule has 1 aromatic rings. The molecule has 24 heavy (non-hydrogen) atoms. The number of hydrogen-bond donors (Lipinski definition) is 0. The first-order chi connectivity index (χ1) is 11.1. The molecule has 4 heteroatoms. The Kier molecular flexibility index (Phi) is 4.69. The average molecular weight is 350 g/mol. The van der Waals surface area contributed by atoms with Gasteiger partial charge in [0.2, 0.25) is 5.85 Å². The van der Waals surface area contributed by atoms with Crippen molar-refractivity contribution in [2.45, 2.75) is 82.7 Å². The number of halogens is 1. The van der Waals surface area contributed by atoms with Crippen LogP contribution in [0, 0.1) is 0 Å². The van der Waals surface area contributed by atoms with Crippen molar-refractivity contribution in [1.29, 1.82) is 0 Å². The fourth-order valence-corrected chi connectivity index (χ4v) is 5.62. The van der Waals surface area contributed by atoms with Crippen molar-refractivity contribution in [3.8, 4) is 0 Å². The Morgan fingerprint density at radius 1 is 1.12 bits per heavy atom. The first-order valence-electron chi connectivity index (χ1n) is 9.25. The molecule has 0 spiro atoms. The third-order valence-corrected chi connectivity index (χ3v) is 7.88. The van der Waals surface area contributed by atoms with Gasteiger partial charge in [0.05, 0.1) is 14.2 Å². The number of benzene rings is 1. The molecule has 1 aromatic carbocycles. The molecule has 0 aliphatic carbocycles. The monoisotopic (exact) mass is 349 g/mol. The summed E-state index contributed by atoms with van der Waals surface area (Å²) in [6.45, 7) is 10.2. The smallest absolute Gasteiger partial charge is 0.203 e. The van der Waals surface area contributed by atoms with Crippen molar-refractivity contribution in [3.05, 3.63) is 29.8 Å². The maximum Gasteiger partial charge on any atom is 0.203 e. The van der Waals surface area contributed by atoms with Gasteiger partial charge in [0.15, 0.2) is 0 Å². The van der Waals surface area contributed by atoms with Crippen molar-refractivity contribution in [3.63, 3.8) is 0 Å². The third-order valence-electron chi connectivity index (χ3n) is 5.82. The van der Waals surface area contributed by atoms with Crippen LogP contribution in [0.15, 0.2) is 24.3 Å². The van der Waals surface area contributed by atoms with Gasteiger partial charge in [-0.1, -0.05) is 49.1 Å². The van der Waals surface area contributed by atoms with Crippen LogP contribution in [0.4, 0.5) is 4.39 Å². The molecule has 134 valence electrons. The molecule has 2 fully saturated rings. The van der Waals surface area contributed by atoms with Crippen molar-refractivity contribution in [1.82, 2.24) is 4.90 Å². The van der Waals surface area contributed by atoms with E-state index >= 15 is 0 Å². The molecule has 2 aliphatic rings. The van der Waals surface area contributed by atoms with Crippen LogP contribution < -0.4 is 5.19 Å². The molecule has 2 bridgehead atoms. The van der Waals surface area contributed by atoms with Gasteiger partial charge in [-0.3, -0.25) is 4.90 Å². The maximum atomic E-state index is 14.3. The van der Waals surface area contributed by atoms with E-state index in [1.165, 1.54) is 31.0 Å². The lowest BCUT2D eigenvalue weighted by Gasteiger charge is -2.44. The average Bonchev–Trinajstić information content (AvgIpc) is 2.71. The van der Waals surface area contributed by atoms with Crippen LogP contribution in [0.2, 0.25) is 19.6 Å². The Labute approximate surface area is 147 Å². The highest BCUT2D eigenvalue weighted by atomic mass is 28.3. The molecule has 0 unspecified atom stereocenters. The van der Waals surface area contributed by atoms with Crippen molar-refractivity contribution in [2.24, 2.45) is 0 Å². The van der Waals surface area contributed by atoms with Crippen LogP contribution >= 0.6 is 0 Å². The summed E-state index contributed by atoms with van der Waals surface area (Å²) in [4.78, 5) is 2.42. The fourth-order valence-electron chi connectivity index (χ4n) is 4.46. The fraction of sp³-hybridized carbons (Fsp3) is 0.700. The Balaban J connectivity index is 1.89. The lowest BCUT2D eigenvalue weighted by atomic mass is 9.82. The second-order valence-corrected chi connectivity index (χ2v) is 14.2. The highest BCUT2D eigenvalue weighted by Crippen LogP contribution is 2.45. The van der Waals surface area contributed by atoms with Crippen LogP contribution in [0.1, 0.15) is 44.6 Å². The predicted molar refractivity (Wildman–Crippen MR) is 101 cm³/mol. The van der Waals surface area contributed by atoms with Gasteiger partial charge in [0.25, 0.3) is 0 Å². The molecule has 2 aliphatic heterocycles. The molecule has 0 radical (unpaired) electrons. The zero-order chi connectivity index (χ0) is 17.7. The number of rotatable bonds is 4. The zero-order valence-corrected chi connectivity index (χ0v) is 17.0. The Bertz CT molecular complexity index is 575. The topological polar surface area (TPSA) is 12.5 Å². The quantitative estimate of drug-likeness (QED) is 0.753. The minimum atomic E-state index is -1.59. The summed E-state index contributed by atoms with van der Waals surface area (Å²) in [6, 6.07) is 10.1. The van der Waals surface area contributed by atoms with E-state index in [2.05, 4.69) is 55.9 Å². The lowest BCUT2D eigenvalue weighted by Crippen LogP contribution is -2.52. The molecule has 0 aromatic heterocycles. The number of hydrogen-bond acceptors (Lipinski definition) is 2. The summed E-state index contributed by atoms with van der Waals surface area (Å²) in [5.74, 6) is -1.29. The van der Waals surface area contributed by atoms with Crippen LogP contribution in [0.5, 0.6) is 0 Å². The van der Waals surface area contributed by atoms with Gasteiger partial charge in [-0.2, -0.15) is 0 Å². The molecule has 0 N–H and O–H groups in total. The number of ether oxygens (including phenoxy) is 1. The zero-order valence-electron chi connectivity index (χ0n) is 16.0. The second-order valence-electron chi connectivity index (χ2n) is 9.12. The van der Waals surface area contributed by atoms with E-state index in [-0.39, 0.29) is 6.10 Å². The molecule has 2 nitrogen and oxygen atoms in total. The SMILES string of the molecule is CN1[C@H]2CC[C@@H]1[C@@H](OC(C)(C)F)[C@@H](c1ccc([Si](C)(C)C)cc1)C2. The molecule has 3 rings (SSSR count). The lowest BCUT2D eigenvalue weighted by molar-refractivity contribution is -0.185. The number of fused-ring (bicyclic) bond motifs is 2. The molecular formula is C20H32FNOSi. The van der Waals surface area contributed by atoms with E-state index in [1.54, 1.807) is 0 Å².